The molecule has 0 radical (unpaired) electrons. The molecule has 0 amide bonds. The van der Waals surface area contributed by atoms with E-state index >= 15 is 0 Å². The summed E-state index contributed by atoms with van der Waals surface area (Å²) in [6, 6.07) is 3.95. The van der Waals surface area contributed by atoms with Crippen molar-refractivity contribution in [2.45, 2.75) is 26.6 Å². The fraction of sp³-hybridized carbons (Fsp3) is 0.500. The summed E-state index contributed by atoms with van der Waals surface area (Å²) in [7, 11) is 1.93. The van der Waals surface area contributed by atoms with Gasteiger partial charge in [0.15, 0.2) is 0 Å². The summed E-state index contributed by atoms with van der Waals surface area (Å²) < 4.78 is 15.8. The Morgan fingerprint density at radius 1 is 1.33 bits per heavy atom. The Kier molecular flexibility index (Phi) is 4.09. The van der Waals surface area contributed by atoms with E-state index in [0.29, 0.717) is 13.1 Å². The molecule has 5 nitrogen and oxygen atoms in total. The van der Waals surface area contributed by atoms with Crippen LogP contribution >= 0.6 is 0 Å². The molecule has 0 saturated heterocycles. The molecule has 2 aromatic rings. The number of hydrogen-bond acceptors (Lipinski definition) is 3. The van der Waals surface area contributed by atoms with E-state index in [9.17, 15) is 4.39 Å². The van der Waals surface area contributed by atoms with Gasteiger partial charge in [0, 0.05) is 26.3 Å². The number of halogens is 1. The van der Waals surface area contributed by atoms with Gasteiger partial charge in [-0.05, 0) is 19.1 Å². The van der Waals surface area contributed by atoms with E-state index in [1.54, 1.807) is 10.9 Å². The van der Waals surface area contributed by atoms with Crippen molar-refractivity contribution in [3.8, 4) is 0 Å². The van der Waals surface area contributed by atoms with Crippen LogP contribution in [0.1, 0.15) is 17.1 Å². The van der Waals surface area contributed by atoms with Crippen LogP contribution in [0.15, 0.2) is 18.3 Å². The van der Waals surface area contributed by atoms with Crippen molar-refractivity contribution < 1.29 is 4.39 Å². The zero-order chi connectivity index (χ0) is 13.0. The average molecular weight is 251 g/mol. The van der Waals surface area contributed by atoms with Crippen molar-refractivity contribution in [3.05, 3.63) is 35.4 Å². The molecule has 0 atom stereocenters. The molecule has 6 heteroatoms. The standard InChI is InChI=1S/C12H18FN5/c1-10-7-12(17(2)16-10)9-14-8-11-3-5-15-18(11)6-4-13/h3,5,7,14H,4,6,8-9H2,1-2H3. The molecular weight excluding hydrogens is 233 g/mol. The molecule has 0 unspecified atom stereocenters. The van der Waals surface area contributed by atoms with Gasteiger partial charge in [0.05, 0.1) is 23.6 Å². The normalized spacial score (nSPS) is 11.1. The van der Waals surface area contributed by atoms with Crippen LogP contribution in [0.25, 0.3) is 0 Å². The number of rotatable bonds is 6. The summed E-state index contributed by atoms with van der Waals surface area (Å²) in [5.74, 6) is 0. The molecule has 0 spiro atoms. The molecule has 18 heavy (non-hydrogen) atoms. The summed E-state index contributed by atoms with van der Waals surface area (Å²) in [4.78, 5) is 0. The van der Waals surface area contributed by atoms with Crippen LogP contribution in [0.4, 0.5) is 4.39 Å². The minimum absolute atomic E-state index is 0.314. The summed E-state index contributed by atoms with van der Waals surface area (Å²) in [5, 5.41) is 11.7. The van der Waals surface area contributed by atoms with Crippen molar-refractivity contribution >= 4 is 0 Å². The molecule has 0 bridgehead atoms. The minimum Gasteiger partial charge on any atom is -0.306 e. The van der Waals surface area contributed by atoms with Crippen LogP contribution in [0.3, 0.4) is 0 Å². The molecule has 2 heterocycles. The van der Waals surface area contributed by atoms with E-state index in [1.807, 2.05) is 30.8 Å². The van der Waals surface area contributed by atoms with Crippen molar-refractivity contribution in [2.24, 2.45) is 7.05 Å². The lowest BCUT2D eigenvalue weighted by Gasteiger charge is -2.07. The number of aromatic nitrogens is 4. The third-order valence-electron chi connectivity index (χ3n) is 2.81. The van der Waals surface area contributed by atoms with Gasteiger partial charge >= 0.3 is 0 Å². The molecule has 98 valence electrons. The highest BCUT2D eigenvalue weighted by Gasteiger charge is 2.04. The van der Waals surface area contributed by atoms with Crippen molar-refractivity contribution in [3.63, 3.8) is 0 Å². The van der Waals surface area contributed by atoms with E-state index in [2.05, 4.69) is 15.5 Å². The van der Waals surface area contributed by atoms with Crippen LogP contribution in [0.5, 0.6) is 0 Å². The number of alkyl halides is 1. The molecule has 0 aliphatic rings. The van der Waals surface area contributed by atoms with Crippen molar-refractivity contribution in [1.29, 1.82) is 0 Å². The molecule has 0 aromatic carbocycles. The van der Waals surface area contributed by atoms with Gasteiger partial charge in [-0.1, -0.05) is 0 Å². The lowest BCUT2D eigenvalue weighted by molar-refractivity contribution is 0.416. The Hall–Kier alpha value is -1.69. The highest BCUT2D eigenvalue weighted by Crippen LogP contribution is 2.03. The Morgan fingerprint density at radius 3 is 2.78 bits per heavy atom. The minimum atomic E-state index is -0.393. The van der Waals surface area contributed by atoms with Crippen LogP contribution in [0, 0.1) is 6.92 Å². The zero-order valence-electron chi connectivity index (χ0n) is 10.7. The maximum absolute atomic E-state index is 12.3. The molecule has 2 aromatic heterocycles. The number of nitrogens with one attached hydrogen (secondary N) is 1. The quantitative estimate of drug-likeness (QED) is 0.838. The van der Waals surface area contributed by atoms with Gasteiger partial charge in [0.25, 0.3) is 0 Å². The SMILES string of the molecule is Cc1cc(CNCc2ccnn2CCF)n(C)n1. The highest BCUT2D eigenvalue weighted by molar-refractivity contribution is 5.08. The molecular formula is C12H18FN5. The molecule has 2 rings (SSSR count). The van der Waals surface area contributed by atoms with Gasteiger partial charge < -0.3 is 5.32 Å². The van der Waals surface area contributed by atoms with Gasteiger partial charge in [0.2, 0.25) is 0 Å². The summed E-state index contributed by atoms with van der Waals surface area (Å²) in [5.41, 5.74) is 3.13. The van der Waals surface area contributed by atoms with Crippen LogP contribution < -0.4 is 5.32 Å². The fourth-order valence-electron chi connectivity index (χ4n) is 1.94. The van der Waals surface area contributed by atoms with E-state index in [0.717, 1.165) is 23.6 Å². The largest absolute Gasteiger partial charge is 0.306 e. The van der Waals surface area contributed by atoms with Crippen molar-refractivity contribution in [1.82, 2.24) is 24.9 Å². The van der Waals surface area contributed by atoms with Crippen LogP contribution in [-0.4, -0.2) is 26.2 Å². The van der Waals surface area contributed by atoms with E-state index in [1.165, 1.54) is 0 Å². The molecule has 0 aliphatic carbocycles. The third kappa shape index (κ3) is 2.95. The van der Waals surface area contributed by atoms with E-state index in [-0.39, 0.29) is 0 Å². The Bertz CT molecular complexity index is 502. The van der Waals surface area contributed by atoms with Gasteiger partial charge in [-0.2, -0.15) is 10.2 Å². The summed E-state index contributed by atoms with van der Waals surface area (Å²) in [6.45, 7) is 3.30. The molecule has 0 fully saturated rings. The first-order valence-corrected chi connectivity index (χ1v) is 5.97. The predicted octanol–water partition coefficient (Wildman–Crippen LogP) is 1.18. The Balaban J connectivity index is 1.88. The second-order valence-corrected chi connectivity index (χ2v) is 4.24. The van der Waals surface area contributed by atoms with Gasteiger partial charge in [-0.25, -0.2) is 4.39 Å². The number of hydrogen-bond donors (Lipinski definition) is 1. The number of aryl methyl sites for hydroxylation is 3. The van der Waals surface area contributed by atoms with Gasteiger partial charge in [-0.3, -0.25) is 9.36 Å². The zero-order valence-corrected chi connectivity index (χ0v) is 10.7. The topological polar surface area (TPSA) is 47.7 Å². The first-order valence-electron chi connectivity index (χ1n) is 5.97. The number of nitrogens with zero attached hydrogens (tertiary/aromatic N) is 4. The first-order chi connectivity index (χ1) is 8.70. The van der Waals surface area contributed by atoms with Crippen molar-refractivity contribution in [2.75, 3.05) is 6.67 Å². The lowest BCUT2D eigenvalue weighted by atomic mass is 10.3. The Labute approximate surface area is 106 Å². The van der Waals surface area contributed by atoms with Crippen LogP contribution in [0.2, 0.25) is 0 Å². The second kappa shape index (κ2) is 5.77. The predicted molar refractivity (Wildman–Crippen MR) is 66.7 cm³/mol. The van der Waals surface area contributed by atoms with Crippen LogP contribution in [-0.2, 0) is 26.7 Å². The summed E-state index contributed by atoms with van der Waals surface area (Å²) >= 11 is 0. The fourth-order valence-corrected chi connectivity index (χ4v) is 1.94. The molecule has 0 saturated carbocycles. The third-order valence-corrected chi connectivity index (χ3v) is 2.81. The second-order valence-electron chi connectivity index (χ2n) is 4.24. The molecule has 0 aliphatic heterocycles. The maximum Gasteiger partial charge on any atom is 0.109 e. The Morgan fingerprint density at radius 2 is 2.11 bits per heavy atom. The van der Waals surface area contributed by atoms with E-state index < -0.39 is 6.67 Å². The van der Waals surface area contributed by atoms with Gasteiger partial charge in [-0.15, -0.1) is 0 Å². The summed E-state index contributed by atoms with van der Waals surface area (Å²) in [6.07, 6.45) is 1.70. The average Bonchev–Trinajstić information content (AvgIpc) is 2.88. The van der Waals surface area contributed by atoms with E-state index in [4.69, 9.17) is 0 Å². The monoisotopic (exact) mass is 251 g/mol. The first kappa shape index (κ1) is 12.8. The lowest BCUT2D eigenvalue weighted by Crippen LogP contribution is -2.18. The molecule has 1 N–H and O–H groups in total. The smallest absolute Gasteiger partial charge is 0.109 e. The maximum atomic E-state index is 12.3. The highest BCUT2D eigenvalue weighted by atomic mass is 19.1. The van der Waals surface area contributed by atoms with Gasteiger partial charge in [0.1, 0.15) is 6.67 Å².